The van der Waals surface area contributed by atoms with Crippen molar-refractivity contribution in [3.05, 3.63) is 45.9 Å². The molecule has 120 valence electrons. The molecule has 0 aliphatic carbocycles. The highest BCUT2D eigenvalue weighted by molar-refractivity contribution is 7.09. The topological polar surface area (TPSA) is 93.6 Å². The van der Waals surface area contributed by atoms with E-state index in [1.165, 1.54) is 17.1 Å². The van der Waals surface area contributed by atoms with Crippen molar-refractivity contribution < 1.29 is 13.9 Å². The van der Waals surface area contributed by atoms with E-state index in [-0.39, 0.29) is 5.82 Å². The van der Waals surface area contributed by atoms with Gasteiger partial charge in [-0.05, 0) is 30.0 Å². The molecule has 0 aliphatic rings. The third-order valence-electron chi connectivity index (χ3n) is 2.61. The standard InChI is InChI=1S/C13H15FN2OS.CH4N2O/c1-9-6-10(14)7-12(16(2)15)13(9)17-8-11-4-3-5-18-11;2-3-1-4/h3-7H,8,15H2,1-2H3;1H,2H2,(H,3,4). The molecule has 0 fully saturated rings. The molecule has 0 bridgehead atoms. The average molecular weight is 326 g/mol. The number of amides is 1. The van der Waals surface area contributed by atoms with E-state index in [1.807, 2.05) is 17.5 Å². The van der Waals surface area contributed by atoms with Gasteiger partial charge in [-0.25, -0.2) is 16.1 Å². The number of carbonyl (C=O) groups excluding carboxylic acids is 1. The highest BCUT2D eigenvalue weighted by Crippen LogP contribution is 2.32. The van der Waals surface area contributed by atoms with Gasteiger partial charge in [0.25, 0.3) is 0 Å². The third kappa shape index (κ3) is 5.32. The quantitative estimate of drug-likeness (QED) is 0.336. The fourth-order valence-electron chi connectivity index (χ4n) is 1.70. The second-order valence-electron chi connectivity index (χ2n) is 4.33. The molecule has 1 amide bonds. The summed E-state index contributed by atoms with van der Waals surface area (Å²) < 4.78 is 19.1. The van der Waals surface area contributed by atoms with Crippen molar-refractivity contribution in [2.45, 2.75) is 13.5 Å². The molecule has 2 rings (SSSR count). The number of nitrogens with zero attached hydrogens (tertiary/aromatic N) is 1. The molecule has 8 heteroatoms. The minimum atomic E-state index is -0.316. The second-order valence-corrected chi connectivity index (χ2v) is 5.37. The van der Waals surface area contributed by atoms with Crippen LogP contribution in [0.15, 0.2) is 29.6 Å². The summed E-state index contributed by atoms with van der Waals surface area (Å²) >= 11 is 1.62. The van der Waals surface area contributed by atoms with E-state index in [0.717, 1.165) is 10.4 Å². The maximum atomic E-state index is 13.3. The summed E-state index contributed by atoms with van der Waals surface area (Å²) in [7, 11) is 1.66. The van der Waals surface area contributed by atoms with Gasteiger partial charge < -0.3 is 9.75 Å². The number of hydrogen-bond acceptors (Lipinski definition) is 6. The van der Waals surface area contributed by atoms with Crippen LogP contribution in [0.5, 0.6) is 5.75 Å². The average Bonchev–Trinajstić information content (AvgIpc) is 2.99. The van der Waals surface area contributed by atoms with Crippen LogP contribution in [0.4, 0.5) is 10.1 Å². The molecular formula is C14H19FN4O2S. The van der Waals surface area contributed by atoms with Gasteiger partial charge in [-0.2, -0.15) is 0 Å². The largest absolute Gasteiger partial charge is 0.486 e. The first-order chi connectivity index (χ1) is 10.5. The Morgan fingerprint density at radius 2 is 2.18 bits per heavy atom. The van der Waals surface area contributed by atoms with E-state index >= 15 is 0 Å². The molecule has 2 aromatic rings. The first-order valence-corrected chi connectivity index (χ1v) is 7.21. The lowest BCUT2D eigenvalue weighted by molar-refractivity contribution is -0.109. The van der Waals surface area contributed by atoms with Crippen molar-refractivity contribution in [2.24, 2.45) is 11.7 Å². The molecule has 1 heterocycles. The number of halogens is 1. The first-order valence-electron chi connectivity index (χ1n) is 6.33. The number of ether oxygens (including phenoxy) is 1. The smallest absolute Gasteiger partial charge is 0.221 e. The summed E-state index contributed by atoms with van der Waals surface area (Å²) in [6, 6.07) is 6.78. The number of rotatable bonds is 5. The predicted octanol–water partition coefficient (Wildman–Crippen LogP) is 1.69. The minimum absolute atomic E-state index is 0.316. The van der Waals surface area contributed by atoms with Crippen LogP contribution < -0.4 is 26.9 Å². The lowest BCUT2D eigenvalue weighted by atomic mass is 10.2. The van der Waals surface area contributed by atoms with Crippen LogP contribution in [0.25, 0.3) is 0 Å². The van der Waals surface area contributed by atoms with Gasteiger partial charge in [0.1, 0.15) is 18.2 Å². The van der Waals surface area contributed by atoms with E-state index in [4.69, 9.17) is 15.4 Å². The Bertz CT molecular complexity index is 591. The molecule has 0 unspecified atom stereocenters. The van der Waals surface area contributed by atoms with Gasteiger partial charge in [0.2, 0.25) is 6.41 Å². The first kappa shape index (κ1) is 17.9. The Morgan fingerprint density at radius 1 is 1.50 bits per heavy atom. The fourth-order valence-corrected chi connectivity index (χ4v) is 2.32. The second kappa shape index (κ2) is 8.98. The SMILES string of the molecule is Cc1cc(F)cc(N(C)N)c1OCc1cccs1.NNC=O. The monoisotopic (exact) mass is 326 g/mol. The highest BCUT2D eigenvalue weighted by Gasteiger charge is 2.12. The molecule has 0 spiro atoms. The van der Waals surface area contributed by atoms with Crippen LogP contribution in [-0.2, 0) is 11.4 Å². The zero-order valence-corrected chi connectivity index (χ0v) is 13.2. The summed E-state index contributed by atoms with van der Waals surface area (Å²) in [5.41, 5.74) is 3.03. The number of thiophene rings is 1. The number of nitrogens with one attached hydrogen (secondary N) is 1. The number of aryl methyl sites for hydroxylation is 1. The molecule has 22 heavy (non-hydrogen) atoms. The van der Waals surface area contributed by atoms with Crippen molar-refractivity contribution in [3.8, 4) is 5.75 Å². The Hall–Kier alpha value is -2.16. The van der Waals surface area contributed by atoms with E-state index in [2.05, 4.69) is 5.84 Å². The third-order valence-corrected chi connectivity index (χ3v) is 3.46. The molecule has 0 saturated heterocycles. The van der Waals surface area contributed by atoms with Crippen molar-refractivity contribution in [1.82, 2.24) is 5.43 Å². The van der Waals surface area contributed by atoms with Crippen LogP contribution in [-0.4, -0.2) is 13.5 Å². The number of anilines is 1. The minimum Gasteiger partial charge on any atom is -0.486 e. The number of carbonyl (C=O) groups is 1. The molecule has 6 nitrogen and oxygen atoms in total. The van der Waals surface area contributed by atoms with Gasteiger partial charge in [0, 0.05) is 18.0 Å². The van der Waals surface area contributed by atoms with E-state index in [9.17, 15) is 4.39 Å². The Kier molecular flexibility index (Phi) is 7.30. The molecule has 0 atom stereocenters. The fraction of sp³-hybridized carbons (Fsp3) is 0.214. The molecule has 0 radical (unpaired) electrons. The van der Waals surface area contributed by atoms with E-state index < -0.39 is 0 Å². The molecule has 1 aromatic heterocycles. The molecule has 0 saturated carbocycles. The van der Waals surface area contributed by atoms with Crippen LogP contribution in [0.2, 0.25) is 0 Å². The van der Waals surface area contributed by atoms with Gasteiger partial charge in [-0.3, -0.25) is 10.2 Å². The lowest BCUT2D eigenvalue weighted by Crippen LogP contribution is -2.26. The van der Waals surface area contributed by atoms with Crippen LogP contribution in [0.3, 0.4) is 0 Å². The van der Waals surface area contributed by atoms with Crippen LogP contribution >= 0.6 is 11.3 Å². The molecule has 5 N–H and O–H groups in total. The number of nitrogens with two attached hydrogens (primary N) is 2. The Labute approximate surface area is 132 Å². The van der Waals surface area contributed by atoms with Crippen LogP contribution in [0.1, 0.15) is 10.4 Å². The van der Waals surface area contributed by atoms with Gasteiger partial charge in [0.15, 0.2) is 0 Å². The number of benzene rings is 1. The van der Waals surface area contributed by atoms with Crippen LogP contribution in [0, 0.1) is 12.7 Å². The molecule has 1 aromatic carbocycles. The summed E-state index contributed by atoms with van der Waals surface area (Å²) in [4.78, 5) is 10.1. The normalized spacial score (nSPS) is 9.50. The van der Waals surface area contributed by atoms with E-state index in [1.54, 1.807) is 30.7 Å². The summed E-state index contributed by atoms with van der Waals surface area (Å²) in [6.07, 6.45) is 0.403. The van der Waals surface area contributed by atoms with Gasteiger partial charge in [0.05, 0.1) is 5.69 Å². The van der Waals surface area contributed by atoms with Gasteiger partial charge in [-0.15, -0.1) is 11.3 Å². The predicted molar refractivity (Wildman–Crippen MR) is 85.8 cm³/mol. The Morgan fingerprint density at radius 3 is 2.68 bits per heavy atom. The summed E-state index contributed by atoms with van der Waals surface area (Å²) in [5.74, 6) is 10.4. The number of hydrazine groups is 2. The maximum absolute atomic E-state index is 13.3. The molecule has 0 aliphatic heterocycles. The summed E-state index contributed by atoms with van der Waals surface area (Å²) in [6.45, 7) is 2.27. The summed E-state index contributed by atoms with van der Waals surface area (Å²) in [5, 5.41) is 3.35. The lowest BCUT2D eigenvalue weighted by Gasteiger charge is -2.19. The van der Waals surface area contributed by atoms with Gasteiger partial charge >= 0.3 is 0 Å². The number of hydrogen-bond donors (Lipinski definition) is 3. The van der Waals surface area contributed by atoms with Crippen molar-refractivity contribution in [2.75, 3.05) is 12.1 Å². The molecular weight excluding hydrogens is 307 g/mol. The van der Waals surface area contributed by atoms with Crippen molar-refractivity contribution >= 4 is 23.4 Å². The van der Waals surface area contributed by atoms with Gasteiger partial charge in [-0.1, -0.05) is 6.07 Å². The van der Waals surface area contributed by atoms with Crippen molar-refractivity contribution in [1.29, 1.82) is 0 Å². The van der Waals surface area contributed by atoms with Crippen molar-refractivity contribution in [3.63, 3.8) is 0 Å². The Balaban J connectivity index is 0.000000541. The zero-order chi connectivity index (χ0) is 16.5. The zero-order valence-electron chi connectivity index (χ0n) is 12.4. The van der Waals surface area contributed by atoms with E-state index in [0.29, 0.717) is 24.5 Å². The maximum Gasteiger partial charge on any atom is 0.221 e. The highest BCUT2D eigenvalue weighted by atomic mass is 32.1.